The van der Waals surface area contributed by atoms with Crippen LogP contribution in [0.15, 0.2) is 70.6 Å². The van der Waals surface area contributed by atoms with E-state index in [0.717, 1.165) is 10.6 Å². The van der Waals surface area contributed by atoms with E-state index in [1.54, 1.807) is 23.1 Å². The number of esters is 1. The molecule has 0 N–H and O–H groups in total. The van der Waals surface area contributed by atoms with Gasteiger partial charge in [-0.3, -0.25) is 24.5 Å². The average molecular weight is 576 g/mol. The number of unbranched alkanes of at least 4 members (excludes halogenated alkanes) is 1. The number of nitro benzene ring substituents is 1. The summed E-state index contributed by atoms with van der Waals surface area (Å²) in [6, 6.07) is 15.2. The zero-order chi connectivity index (χ0) is 28.2. The number of ketones is 1. The highest BCUT2D eigenvalue weighted by atomic mass is 33.1. The summed E-state index contributed by atoms with van der Waals surface area (Å²) in [6.07, 6.45) is 2.90. The molecule has 1 aliphatic carbocycles. The molecule has 204 valence electrons. The molecule has 0 bridgehead atoms. The number of pyridine rings is 2. The number of non-ortho nitro benzene ring substituents is 1. The van der Waals surface area contributed by atoms with Gasteiger partial charge in [0, 0.05) is 53.6 Å². The van der Waals surface area contributed by atoms with Gasteiger partial charge in [0.05, 0.1) is 21.6 Å². The van der Waals surface area contributed by atoms with Gasteiger partial charge in [0.2, 0.25) is 0 Å². The summed E-state index contributed by atoms with van der Waals surface area (Å²) in [5, 5.41) is 12.8. The number of carbonyl (C=O) groups is 2. The predicted molar refractivity (Wildman–Crippen MR) is 156 cm³/mol. The largest absolute Gasteiger partial charge is 0.465 e. The van der Waals surface area contributed by atoms with E-state index in [0.29, 0.717) is 46.4 Å². The van der Waals surface area contributed by atoms with Crippen LogP contribution in [-0.4, -0.2) is 38.6 Å². The van der Waals surface area contributed by atoms with Gasteiger partial charge in [-0.1, -0.05) is 34.6 Å². The van der Waals surface area contributed by atoms with Crippen molar-refractivity contribution in [2.75, 3.05) is 12.4 Å². The number of aromatic nitrogens is 2. The van der Waals surface area contributed by atoms with Crippen LogP contribution in [0.1, 0.15) is 40.7 Å². The van der Waals surface area contributed by atoms with Gasteiger partial charge in [0.1, 0.15) is 11.6 Å². The molecule has 1 aliphatic rings. The predicted octanol–water partition coefficient (Wildman–Crippen LogP) is 5.98. The molecule has 9 nitrogen and oxygen atoms in total. The Morgan fingerprint density at radius 1 is 1.05 bits per heavy atom. The lowest BCUT2D eigenvalue weighted by Gasteiger charge is -2.15. The highest BCUT2D eigenvalue weighted by Crippen LogP contribution is 2.40. The number of ether oxygens (including phenoxy) is 1. The molecule has 0 saturated carbocycles. The molecule has 0 atom stereocenters. The fraction of sp³-hybridized carbons (Fsp3) is 0.241. The number of fused-ring (bicyclic) bond motifs is 5. The average Bonchev–Trinajstić information content (AvgIpc) is 3.24. The molecule has 2 aromatic heterocycles. The van der Waals surface area contributed by atoms with Gasteiger partial charge in [0.15, 0.2) is 5.78 Å². The summed E-state index contributed by atoms with van der Waals surface area (Å²) in [4.78, 5) is 54.4. The maximum Gasteiger partial charge on any atom is 0.305 e. The summed E-state index contributed by atoms with van der Waals surface area (Å²) in [7, 11) is 3.08. The fourth-order valence-corrected chi connectivity index (χ4v) is 6.47. The van der Waals surface area contributed by atoms with E-state index in [9.17, 15) is 24.5 Å². The number of benzene rings is 2. The fourth-order valence-electron chi connectivity index (χ4n) is 4.76. The molecule has 11 heteroatoms. The number of carbonyl (C=O) groups excluding carboxylic acids is 2. The van der Waals surface area contributed by atoms with Gasteiger partial charge in [0.25, 0.3) is 11.2 Å². The van der Waals surface area contributed by atoms with Crippen LogP contribution < -0.4 is 5.56 Å². The standard InChI is InChI=1S/C29H25N3O6S2/c1-18-8-10-21-22(16-18)28(34)26-20-11-9-19(32(36)37)17-23(20)29(35)31(27(21)26)13-5-3-7-25(33)38-14-15-39-40-24-6-2-4-12-30-24/h2,4,6,8-12,16-17H,3,5,7,13-15H2,1H3. The van der Waals surface area contributed by atoms with E-state index >= 15 is 0 Å². The SMILES string of the molecule is Cc1ccc2c(c1)C(=O)c1c-2n(CCCCC(=O)OCCSSc2ccccn2)c(=O)c2cc([N+](=O)[O-])ccc12. The Labute approximate surface area is 237 Å². The Kier molecular flexibility index (Phi) is 8.32. The molecule has 2 aromatic carbocycles. The molecule has 2 heterocycles. The quantitative estimate of drug-likeness (QED) is 0.0615. The third-order valence-electron chi connectivity index (χ3n) is 6.59. The number of hydrogen-bond donors (Lipinski definition) is 0. The Hall–Kier alpha value is -3.96. The van der Waals surface area contributed by atoms with Crippen molar-refractivity contribution in [3.8, 4) is 11.3 Å². The van der Waals surface area contributed by atoms with Crippen molar-refractivity contribution in [1.29, 1.82) is 0 Å². The van der Waals surface area contributed by atoms with Gasteiger partial charge in [-0.25, -0.2) is 4.98 Å². The topological polar surface area (TPSA) is 121 Å². The van der Waals surface area contributed by atoms with E-state index in [2.05, 4.69) is 4.98 Å². The molecule has 5 rings (SSSR count). The van der Waals surface area contributed by atoms with Crippen LogP contribution in [0.25, 0.3) is 22.0 Å². The van der Waals surface area contributed by atoms with Crippen LogP contribution >= 0.6 is 21.6 Å². The van der Waals surface area contributed by atoms with Crippen molar-refractivity contribution < 1.29 is 19.2 Å². The van der Waals surface area contributed by atoms with Crippen LogP contribution in [0, 0.1) is 17.0 Å². The zero-order valence-electron chi connectivity index (χ0n) is 21.6. The van der Waals surface area contributed by atoms with Crippen molar-refractivity contribution in [2.45, 2.75) is 37.8 Å². The number of rotatable bonds is 11. The number of nitro groups is 1. The number of aryl methyl sites for hydroxylation is 1. The minimum Gasteiger partial charge on any atom is -0.465 e. The molecule has 0 fully saturated rings. The minimum atomic E-state index is -0.558. The van der Waals surface area contributed by atoms with Gasteiger partial charge < -0.3 is 9.30 Å². The normalized spacial score (nSPS) is 11.9. The zero-order valence-corrected chi connectivity index (χ0v) is 23.3. The molecule has 0 unspecified atom stereocenters. The smallest absolute Gasteiger partial charge is 0.305 e. The summed E-state index contributed by atoms with van der Waals surface area (Å²) < 4.78 is 6.85. The molecule has 0 spiro atoms. The Morgan fingerprint density at radius 2 is 1.90 bits per heavy atom. The molecule has 4 aromatic rings. The second-order valence-corrected chi connectivity index (χ2v) is 11.7. The second kappa shape index (κ2) is 12.1. The Morgan fingerprint density at radius 3 is 2.67 bits per heavy atom. The molecule has 0 saturated heterocycles. The molecular weight excluding hydrogens is 550 g/mol. The van der Waals surface area contributed by atoms with Crippen molar-refractivity contribution in [2.24, 2.45) is 0 Å². The highest BCUT2D eigenvalue weighted by Gasteiger charge is 2.33. The number of hydrogen-bond acceptors (Lipinski definition) is 9. The van der Waals surface area contributed by atoms with Crippen molar-refractivity contribution >= 4 is 49.8 Å². The maximum absolute atomic E-state index is 13.6. The van der Waals surface area contributed by atoms with E-state index in [-0.39, 0.29) is 42.4 Å². The summed E-state index contributed by atoms with van der Waals surface area (Å²) in [5.41, 5.74) is 2.39. The van der Waals surface area contributed by atoms with Crippen LogP contribution in [0.5, 0.6) is 0 Å². The van der Waals surface area contributed by atoms with Crippen LogP contribution in [0.2, 0.25) is 0 Å². The lowest BCUT2D eigenvalue weighted by atomic mass is 10.0. The second-order valence-electron chi connectivity index (χ2n) is 9.30. The highest BCUT2D eigenvalue weighted by molar-refractivity contribution is 8.76. The molecular formula is C29H25N3O6S2. The Balaban J connectivity index is 1.28. The lowest BCUT2D eigenvalue weighted by Crippen LogP contribution is -2.23. The van der Waals surface area contributed by atoms with Crippen molar-refractivity contribution in [3.63, 3.8) is 0 Å². The third-order valence-corrected chi connectivity index (χ3v) is 8.82. The first-order valence-corrected chi connectivity index (χ1v) is 15.0. The van der Waals surface area contributed by atoms with E-state index in [4.69, 9.17) is 4.74 Å². The van der Waals surface area contributed by atoms with Gasteiger partial charge in [-0.2, -0.15) is 0 Å². The summed E-state index contributed by atoms with van der Waals surface area (Å²) in [6.45, 7) is 2.44. The van der Waals surface area contributed by atoms with Gasteiger partial charge in [-0.05, 0) is 54.8 Å². The van der Waals surface area contributed by atoms with Crippen molar-refractivity contribution in [1.82, 2.24) is 9.55 Å². The van der Waals surface area contributed by atoms with Gasteiger partial charge in [-0.15, -0.1) is 0 Å². The summed E-state index contributed by atoms with van der Waals surface area (Å²) in [5.74, 6) is 0.111. The van der Waals surface area contributed by atoms with E-state index in [1.165, 1.54) is 33.6 Å². The molecule has 0 amide bonds. The lowest BCUT2D eigenvalue weighted by molar-refractivity contribution is -0.384. The van der Waals surface area contributed by atoms with Gasteiger partial charge >= 0.3 is 5.97 Å². The van der Waals surface area contributed by atoms with Crippen LogP contribution in [-0.2, 0) is 16.1 Å². The third kappa shape index (κ3) is 5.66. The molecule has 40 heavy (non-hydrogen) atoms. The molecule has 0 radical (unpaired) electrons. The Bertz CT molecular complexity index is 1690. The number of nitrogens with zero attached hydrogens (tertiary/aromatic N) is 3. The van der Waals surface area contributed by atoms with Crippen LogP contribution in [0.3, 0.4) is 0 Å². The first-order chi connectivity index (χ1) is 19.3. The summed E-state index contributed by atoms with van der Waals surface area (Å²) >= 11 is 0. The monoisotopic (exact) mass is 575 g/mol. The van der Waals surface area contributed by atoms with Crippen molar-refractivity contribution in [3.05, 3.63) is 98.0 Å². The maximum atomic E-state index is 13.6. The van der Waals surface area contributed by atoms with E-state index < -0.39 is 10.5 Å². The first kappa shape index (κ1) is 27.6. The molecule has 0 aliphatic heterocycles. The van der Waals surface area contributed by atoms with Crippen LogP contribution in [0.4, 0.5) is 5.69 Å². The first-order valence-electron chi connectivity index (χ1n) is 12.7. The van der Waals surface area contributed by atoms with E-state index in [1.807, 2.05) is 37.3 Å². The minimum absolute atomic E-state index is 0.131.